The van der Waals surface area contributed by atoms with E-state index in [1.54, 1.807) is 7.11 Å². The predicted octanol–water partition coefficient (Wildman–Crippen LogP) is 1.97. The molecular formula is C13H17NO2. The molecule has 1 aromatic rings. The van der Waals surface area contributed by atoms with E-state index < -0.39 is 0 Å². The predicted molar refractivity (Wildman–Crippen MR) is 63.0 cm³/mol. The Bertz CT molecular complexity index is 353. The first kappa shape index (κ1) is 11.1. The van der Waals surface area contributed by atoms with Gasteiger partial charge in [0.2, 0.25) is 0 Å². The van der Waals surface area contributed by atoms with Crippen molar-refractivity contribution in [1.82, 2.24) is 4.90 Å². The molecule has 0 N–H and O–H groups in total. The fraction of sp³-hybridized carbons (Fsp3) is 0.462. The zero-order valence-corrected chi connectivity index (χ0v) is 9.61. The van der Waals surface area contributed by atoms with Crippen molar-refractivity contribution in [3.63, 3.8) is 0 Å². The molecule has 0 aliphatic carbocycles. The number of rotatable bonds is 4. The van der Waals surface area contributed by atoms with Crippen LogP contribution in [-0.2, 0) is 0 Å². The van der Waals surface area contributed by atoms with Gasteiger partial charge in [0.15, 0.2) is 5.78 Å². The van der Waals surface area contributed by atoms with Gasteiger partial charge in [0, 0.05) is 5.56 Å². The zero-order valence-electron chi connectivity index (χ0n) is 9.61. The largest absolute Gasteiger partial charge is 0.497 e. The van der Waals surface area contributed by atoms with Crippen molar-refractivity contribution in [1.29, 1.82) is 0 Å². The van der Waals surface area contributed by atoms with E-state index >= 15 is 0 Å². The van der Waals surface area contributed by atoms with Gasteiger partial charge in [-0.3, -0.25) is 9.69 Å². The molecule has 0 saturated carbocycles. The molecule has 2 rings (SSSR count). The second kappa shape index (κ2) is 5.12. The van der Waals surface area contributed by atoms with Crippen LogP contribution >= 0.6 is 0 Å². The molecule has 1 aliphatic heterocycles. The van der Waals surface area contributed by atoms with Gasteiger partial charge in [0.05, 0.1) is 13.7 Å². The highest BCUT2D eigenvalue weighted by Crippen LogP contribution is 2.13. The van der Waals surface area contributed by atoms with Crippen LogP contribution in [0.2, 0.25) is 0 Å². The molecule has 0 amide bonds. The van der Waals surface area contributed by atoms with Crippen molar-refractivity contribution in [3.8, 4) is 5.75 Å². The lowest BCUT2D eigenvalue weighted by molar-refractivity contribution is 0.0945. The third-order valence-corrected chi connectivity index (χ3v) is 2.98. The van der Waals surface area contributed by atoms with Crippen LogP contribution in [0.3, 0.4) is 0 Å². The van der Waals surface area contributed by atoms with Gasteiger partial charge < -0.3 is 4.74 Å². The van der Waals surface area contributed by atoms with Gasteiger partial charge >= 0.3 is 0 Å². The molecule has 0 radical (unpaired) electrons. The van der Waals surface area contributed by atoms with E-state index in [1.165, 1.54) is 12.8 Å². The Morgan fingerprint density at radius 3 is 2.44 bits per heavy atom. The van der Waals surface area contributed by atoms with Crippen LogP contribution < -0.4 is 4.74 Å². The van der Waals surface area contributed by atoms with Crippen molar-refractivity contribution >= 4 is 5.78 Å². The molecule has 1 heterocycles. The first-order valence-electron chi connectivity index (χ1n) is 5.69. The average molecular weight is 219 g/mol. The lowest BCUT2D eigenvalue weighted by Crippen LogP contribution is -2.26. The SMILES string of the molecule is COc1ccc(C(=O)CN2CCCC2)cc1. The number of Topliss-reactive ketones (excluding diaryl/α,β-unsaturated/α-hetero) is 1. The minimum atomic E-state index is 0.199. The van der Waals surface area contributed by atoms with E-state index in [0.29, 0.717) is 6.54 Å². The number of likely N-dealkylation sites (tertiary alicyclic amines) is 1. The Labute approximate surface area is 96.0 Å². The summed E-state index contributed by atoms with van der Waals surface area (Å²) in [6.07, 6.45) is 2.44. The molecule has 3 heteroatoms. The normalized spacial score (nSPS) is 16.3. The van der Waals surface area contributed by atoms with Crippen LogP contribution in [0.1, 0.15) is 23.2 Å². The molecule has 3 nitrogen and oxygen atoms in total. The summed E-state index contributed by atoms with van der Waals surface area (Å²) in [6.45, 7) is 2.66. The Morgan fingerprint density at radius 1 is 1.25 bits per heavy atom. The monoisotopic (exact) mass is 219 g/mol. The van der Waals surface area contributed by atoms with Gasteiger partial charge in [-0.1, -0.05) is 0 Å². The van der Waals surface area contributed by atoms with Crippen molar-refractivity contribution in [2.75, 3.05) is 26.7 Å². The maximum absolute atomic E-state index is 11.9. The number of hydrogen-bond acceptors (Lipinski definition) is 3. The molecule has 0 aromatic heterocycles. The smallest absolute Gasteiger partial charge is 0.176 e. The van der Waals surface area contributed by atoms with E-state index in [0.717, 1.165) is 24.4 Å². The third-order valence-electron chi connectivity index (χ3n) is 2.98. The second-order valence-electron chi connectivity index (χ2n) is 4.13. The topological polar surface area (TPSA) is 29.5 Å². The summed E-state index contributed by atoms with van der Waals surface area (Å²) in [7, 11) is 1.63. The van der Waals surface area contributed by atoms with Gasteiger partial charge in [-0.2, -0.15) is 0 Å². The minimum Gasteiger partial charge on any atom is -0.497 e. The van der Waals surface area contributed by atoms with Crippen molar-refractivity contribution in [3.05, 3.63) is 29.8 Å². The van der Waals surface area contributed by atoms with Crippen LogP contribution in [0.5, 0.6) is 5.75 Å². The molecule has 1 aliphatic rings. The van der Waals surface area contributed by atoms with E-state index in [1.807, 2.05) is 24.3 Å². The van der Waals surface area contributed by atoms with Crippen molar-refractivity contribution < 1.29 is 9.53 Å². The second-order valence-corrected chi connectivity index (χ2v) is 4.13. The Hall–Kier alpha value is -1.35. The molecule has 16 heavy (non-hydrogen) atoms. The average Bonchev–Trinajstić information content (AvgIpc) is 2.82. The highest BCUT2D eigenvalue weighted by atomic mass is 16.5. The molecule has 1 aromatic carbocycles. The molecule has 1 fully saturated rings. The third kappa shape index (κ3) is 2.61. The first-order valence-corrected chi connectivity index (χ1v) is 5.69. The number of carbonyl (C=O) groups excluding carboxylic acids is 1. The van der Waals surface area contributed by atoms with Crippen molar-refractivity contribution in [2.45, 2.75) is 12.8 Å². The molecule has 86 valence electrons. The number of benzene rings is 1. The van der Waals surface area contributed by atoms with E-state index in [2.05, 4.69) is 4.90 Å². The Kier molecular flexibility index (Phi) is 3.57. The van der Waals surface area contributed by atoms with Crippen LogP contribution in [0.15, 0.2) is 24.3 Å². The molecule has 1 saturated heterocycles. The fourth-order valence-corrected chi connectivity index (χ4v) is 2.01. The summed E-state index contributed by atoms with van der Waals surface area (Å²) in [5.74, 6) is 0.988. The number of hydrogen-bond donors (Lipinski definition) is 0. The van der Waals surface area contributed by atoms with E-state index in [4.69, 9.17) is 4.74 Å². The fourth-order valence-electron chi connectivity index (χ4n) is 2.01. The summed E-state index contributed by atoms with van der Waals surface area (Å²) in [5, 5.41) is 0. The summed E-state index contributed by atoms with van der Waals surface area (Å²) >= 11 is 0. The van der Waals surface area contributed by atoms with Gasteiger partial charge in [0.1, 0.15) is 5.75 Å². The van der Waals surface area contributed by atoms with Gasteiger partial charge in [-0.25, -0.2) is 0 Å². The molecule has 0 bridgehead atoms. The van der Waals surface area contributed by atoms with Crippen LogP contribution in [0.25, 0.3) is 0 Å². The van der Waals surface area contributed by atoms with Gasteiger partial charge in [-0.05, 0) is 50.2 Å². The van der Waals surface area contributed by atoms with E-state index in [9.17, 15) is 4.79 Å². The molecule has 0 unspecified atom stereocenters. The Morgan fingerprint density at radius 2 is 1.88 bits per heavy atom. The number of carbonyl (C=O) groups is 1. The summed E-state index contributed by atoms with van der Waals surface area (Å²) in [4.78, 5) is 14.1. The molecule has 0 atom stereocenters. The van der Waals surface area contributed by atoms with Gasteiger partial charge in [-0.15, -0.1) is 0 Å². The standard InChI is InChI=1S/C13H17NO2/c1-16-12-6-4-11(5-7-12)13(15)10-14-8-2-3-9-14/h4-7H,2-3,8-10H2,1H3. The highest BCUT2D eigenvalue weighted by Gasteiger charge is 2.15. The number of ether oxygens (including phenoxy) is 1. The van der Waals surface area contributed by atoms with Crippen LogP contribution in [-0.4, -0.2) is 37.4 Å². The lowest BCUT2D eigenvalue weighted by Gasteiger charge is -2.13. The zero-order chi connectivity index (χ0) is 11.4. The maximum atomic E-state index is 11.9. The quantitative estimate of drug-likeness (QED) is 0.725. The van der Waals surface area contributed by atoms with Crippen LogP contribution in [0, 0.1) is 0 Å². The summed E-state index contributed by atoms with van der Waals surface area (Å²) in [5.41, 5.74) is 0.771. The van der Waals surface area contributed by atoms with E-state index in [-0.39, 0.29) is 5.78 Å². The molecular weight excluding hydrogens is 202 g/mol. The van der Waals surface area contributed by atoms with Crippen molar-refractivity contribution in [2.24, 2.45) is 0 Å². The molecule has 0 spiro atoms. The number of nitrogens with zero attached hydrogens (tertiary/aromatic N) is 1. The summed E-state index contributed by atoms with van der Waals surface area (Å²) in [6, 6.07) is 7.32. The summed E-state index contributed by atoms with van der Waals surface area (Å²) < 4.78 is 5.06. The number of methoxy groups -OCH3 is 1. The first-order chi connectivity index (χ1) is 7.79. The number of ketones is 1. The maximum Gasteiger partial charge on any atom is 0.176 e. The van der Waals surface area contributed by atoms with Crippen LogP contribution in [0.4, 0.5) is 0 Å². The lowest BCUT2D eigenvalue weighted by atomic mass is 10.1. The highest BCUT2D eigenvalue weighted by molar-refractivity contribution is 5.97. The minimum absolute atomic E-state index is 0.199. The van der Waals surface area contributed by atoms with Gasteiger partial charge in [0.25, 0.3) is 0 Å². The Balaban J connectivity index is 1.97.